The number of benzene rings is 1. The van der Waals surface area contributed by atoms with Crippen LogP contribution in [0.25, 0.3) is 0 Å². The van der Waals surface area contributed by atoms with Crippen molar-refractivity contribution in [2.75, 3.05) is 17.7 Å². The van der Waals surface area contributed by atoms with Gasteiger partial charge in [0.25, 0.3) is 0 Å². The van der Waals surface area contributed by atoms with E-state index in [1.165, 1.54) is 6.07 Å². The maximum absolute atomic E-state index is 11.5. The third-order valence-corrected chi connectivity index (χ3v) is 3.59. The molecule has 0 fully saturated rings. The maximum atomic E-state index is 11.5. The lowest BCUT2D eigenvalue weighted by molar-refractivity contribution is 0.278. The molecule has 7 heteroatoms. The quantitative estimate of drug-likeness (QED) is 0.562. The van der Waals surface area contributed by atoms with Crippen molar-refractivity contribution < 1.29 is 13.5 Å². The summed E-state index contributed by atoms with van der Waals surface area (Å²) in [7, 11) is -3.83. The zero-order valence-electron chi connectivity index (χ0n) is 10.3. The lowest BCUT2D eigenvalue weighted by Crippen LogP contribution is -2.23. The first kappa shape index (κ1) is 14.7. The van der Waals surface area contributed by atoms with E-state index in [1.807, 2.05) is 6.92 Å². The van der Waals surface area contributed by atoms with Crippen LogP contribution in [0.1, 0.15) is 19.8 Å². The lowest BCUT2D eigenvalue weighted by Gasteiger charge is -2.19. The van der Waals surface area contributed by atoms with Gasteiger partial charge in [-0.15, -0.1) is 0 Å². The van der Waals surface area contributed by atoms with Crippen molar-refractivity contribution in [3.05, 3.63) is 18.2 Å². The van der Waals surface area contributed by atoms with Crippen LogP contribution in [0.5, 0.6) is 0 Å². The molecule has 0 saturated heterocycles. The molecule has 0 aromatic heterocycles. The Labute approximate surface area is 107 Å². The van der Waals surface area contributed by atoms with Gasteiger partial charge in [0.2, 0.25) is 10.0 Å². The zero-order chi connectivity index (χ0) is 13.8. The highest BCUT2D eigenvalue weighted by molar-refractivity contribution is 7.89. The minimum atomic E-state index is -3.83. The number of sulfonamides is 1. The predicted molar refractivity (Wildman–Crippen MR) is 71.6 cm³/mol. The second kappa shape index (κ2) is 6.03. The Morgan fingerprint density at radius 3 is 2.61 bits per heavy atom. The zero-order valence-corrected chi connectivity index (χ0v) is 11.1. The number of anilines is 2. The van der Waals surface area contributed by atoms with Gasteiger partial charge in [0.15, 0.2) is 0 Å². The summed E-state index contributed by atoms with van der Waals surface area (Å²) >= 11 is 0. The molecule has 6 N–H and O–H groups in total. The van der Waals surface area contributed by atoms with E-state index in [-0.39, 0.29) is 17.5 Å². The summed E-state index contributed by atoms with van der Waals surface area (Å²) in [6.07, 6.45) is 1.29. The number of nitrogens with two attached hydrogens (primary N) is 2. The average Bonchev–Trinajstić information content (AvgIpc) is 2.29. The van der Waals surface area contributed by atoms with Crippen LogP contribution in [0.3, 0.4) is 0 Å². The number of nitrogens with one attached hydrogen (secondary N) is 1. The van der Waals surface area contributed by atoms with Crippen LogP contribution in [0.2, 0.25) is 0 Å². The van der Waals surface area contributed by atoms with Crippen LogP contribution in [0, 0.1) is 0 Å². The highest BCUT2D eigenvalue weighted by atomic mass is 32.2. The Kier molecular flexibility index (Phi) is 4.94. The van der Waals surface area contributed by atoms with Crippen LogP contribution in [-0.2, 0) is 10.0 Å². The Balaban J connectivity index is 3.09. The second-order valence-corrected chi connectivity index (χ2v) is 5.59. The fraction of sp³-hybridized carbons (Fsp3) is 0.455. The number of hydrogen-bond acceptors (Lipinski definition) is 5. The summed E-state index contributed by atoms with van der Waals surface area (Å²) in [4.78, 5) is -0.0288. The summed E-state index contributed by atoms with van der Waals surface area (Å²) < 4.78 is 22.9. The molecule has 102 valence electrons. The van der Waals surface area contributed by atoms with Gasteiger partial charge in [-0.05, 0) is 31.0 Å². The van der Waals surface area contributed by atoms with Crippen molar-refractivity contribution in [1.82, 2.24) is 0 Å². The lowest BCUT2D eigenvalue weighted by atomic mass is 10.1. The maximum Gasteiger partial charge on any atom is 0.240 e. The van der Waals surface area contributed by atoms with E-state index in [9.17, 15) is 8.42 Å². The molecule has 0 bridgehead atoms. The van der Waals surface area contributed by atoms with Crippen LogP contribution < -0.4 is 16.2 Å². The van der Waals surface area contributed by atoms with Gasteiger partial charge in [-0.1, -0.05) is 6.92 Å². The third kappa shape index (κ3) is 3.86. The van der Waals surface area contributed by atoms with E-state index < -0.39 is 10.0 Å². The number of aliphatic hydroxyl groups excluding tert-OH is 1. The van der Waals surface area contributed by atoms with Gasteiger partial charge in [0.05, 0.1) is 5.69 Å². The van der Waals surface area contributed by atoms with Crippen LogP contribution >= 0.6 is 0 Å². The van der Waals surface area contributed by atoms with Gasteiger partial charge >= 0.3 is 0 Å². The van der Waals surface area contributed by atoms with E-state index >= 15 is 0 Å². The molecule has 0 aliphatic heterocycles. The molecule has 1 rings (SSSR count). The molecular formula is C11H19N3O3S. The summed E-state index contributed by atoms with van der Waals surface area (Å²) in [5.74, 6) is 0. The van der Waals surface area contributed by atoms with E-state index in [1.54, 1.807) is 12.1 Å². The highest BCUT2D eigenvalue weighted by Gasteiger charge is 2.16. The molecule has 0 saturated carbocycles. The number of hydrogen-bond donors (Lipinski definition) is 4. The average molecular weight is 273 g/mol. The first-order chi connectivity index (χ1) is 8.38. The normalized spacial score (nSPS) is 13.3. The molecule has 0 heterocycles. The predicted octanol–water partition coefficient (Wildman–Crippen LogP) is 0.489. The van der Waals surface area contributed by atoms with Gasteiger partial charge in [-0.2, -0.15) is 0 Å². The molecule has 6 nitrogen and oxygen atoms in total. The van der Waals surface area contributed by atoms with Gasteiger partial charge in [0.1, 0.15) is 4.90 Å². The van der Waals surface area contributed by atoms with Gasteiger partial charge in [-0.25, -0.2) is 13.6 Å². The smallest absolute Gasteiger partial charge is 0.240 e. The molecule has 1 aromatic carbocycles. The molecule has 18 heavy (non-hydrogen) atoms. The molecule has 0 aliphatic carbocycles. The molecule has 0 aliphatic rings. The number of primary sulfonamides is 1. The Morgan fingerprint density at radius 1 is 1.44 bits per heavy atom. The summed E-state index contributed by atoms with van der Waals surface area (Å²) in [6, 6.07) is 4.49. The van der Waals surface area contributed by atoms with Gasteiger partial charge < -0.3 is 16.2 Å². The molecule has 0 spiro atoms. The first-order valence-electron chi connectivity index (χ1n) is 5.68. The van der Waals surface area contributed by atoms with E-state index in [0.29, 0.717) is 17.8 Å². The van der Waals surface area contributed by atoms with Crippen molar-refractivity contribution in [2.24, 2.45) is 5.14 Å². The Hall–Kier alpha value is -1.31. The van der Waals surface area contributed by atoms with Crippen molar-refractivity contribution in [2.45, 2.75) is 30.7 Å². The largest absolute Gasteiger partial charge is 0.399 e. The molecule has 1 unspecified atom stereocenters. The summed E-state index contributed by atoms with van der Waals surface area (Å²) in [6.45, 7) is 1.98. The molecule has 0 amide bonds. The molecular weight excluding hydrogens is 254 g/mol. The van der Waals surface area contributed by atoms with Gasteiger partial charge in [0, 0.05) is 18.3 Å². The molecule has 1 aromatic rings. The Bertz CT molecular complexity index is 502. The first-order valence-corrected chi connectivity index (χ1v) is 7.22. The summed E-state index contributed by atoms with van der Waals surface area (Å²) in [5, 5.41) is 17.1. The standard InChI is InChI=1S/C11H19N3O3S/c1-2-9(5-6-15)14-10-4-3-8(12)7-11(10)18(13,16)17/h3-4,7,9,14-15H,2,5-6,12H2,1H3,(H2,13,16,17). The van der Waals surface area contributed by atoms with Crippen molar-refractivity contribution in [3.8, 4) is 0 Å². The second-order valence-electron chi connectivity index (χ2n) is 4.06. The molecule has 1 atom stereocenters. The number of rotatable bonds is 6. The van der Waals surface area contributed by atoms with Crippen LogP contribution in [0.15, 0.2) is 23.1 Å². The monoisotopic (exact) mass is 273 g/mol. The van der Waals surface area contributed by atoms with Gasteiger partial charge in [-0.3, -0.25) is 0 Å². The van der Waals surface area contributed by atoms with Crippen molar-refractivity contribution in [3.63, 3.8) is 0 Å². The van der Waals surface area contributed by atoms with E-state index in [4.69, 9.17) is 16.0 Å². The summed E-state index contributed by atoms with van der Waals surface area (Å²) in [5.41, 5.74) is 6.30. The molecule has 0 radical (unpaired) electrons. The number of nitrogen functional groups attached to an aromatic ring is 1. The fourth-order valence-electron chi connectivity index (χ4n) is 1.65. The van der Waals surface area contributed by atoms with Crippen LogP contribution in [-0.4, -0.2) is 26.2 Å². The topological polar surface area (TPSA) is 118 Å². The van der Waals surface area contributed by atoms with E-state index in [0.717, 1.165) is 6.42 Å². The minimum Gasteiger partial charge on any atom is -0.399 e. The minimum absolute atomic E-state index is 0.0147. The van der Waals surface area contributed by atoms with E-state index in [2.05, 4.69) is 5.32 Å². The van der Waals surface area contributed by atoms with Crippen molar-refractivity contribution >= 4 is 21.4 Å². The van der Waals surface area contributed by atoms with Crippen LogP contribution in [0.4, 0.5) is 11.4 Å². The number of aliphatic hydroxyl groups is 1. The third-order valence-electron chi connectivity index (χ3n) is 2.64. The van der Waals surface area contributed by atoms with Crippen molar-refractivity contribution in [1.29, 1.82) is 0 Å². The SMILES string of the molecule is CCC(CCO)Nc1ccc(N)cc1S(N)(=O)=O. The Morgan fingerprint density at radius 2 is 2.11 bits per heavy atom. The highest BCUT2D eigenvalue weighted by Crippen LogP contribution is 2.24. The fourth-order valence-corrected chi connectivity index (χ4v) is 2.38.